The minimum atomic E-state index is -4.95. The Morgan fingerprint density at radius 2 is 1.49 bits per heavy atom. The molecule has 3 rings (SSSR count). The van der Waals surface area contributed by atoms with E-state index < -0.39 is 41.3 Å². The Hall–Kier alpha value is -2.34. The second-order valence-corrected chi connectivity index (χ2v) is 10.2. The molecule has 0 bridgehead atoms. The summed E-state index contributed by atoms with van der Waals surface area (Å²) in [6, 6.07) is 1.33. The zero-order valence-corrected chi connectivity index (χ0v) is 21.0. The quantitative estimate of drug-likeness (QED) is 0.527. The number of morpholine rings is 1. The van der Waals surface area contributed by atoms with Gasteiger partial charge in [0.1, 0.15) is 0 Å². The number of alkyl halides is 6. The third kappa shape index (κ3) is 7.83. The molecule has 2 amide bonds. The van der Waals surface area contributed by atoms with Crippen molar-refractivity contribution < 1.29 is 40.7 Å². The summed E-state index contributed by atoms with van der Waals surface area (Å²) >= 11 is 0. The maximum atomic E-state index is 13.3. The van der Waals surface area contributed by atoms with Gasteiger partial charge in [-0.3, -0.25) is 14.5 Å². The van der Waals surface area contributed by atoms with E-state index in [4.69, 9.17) is 4.74 Å². The first-order chi connectivity index (χ1) is 17.2. The van der Waals surface area contributed by atoms with Gasteiger partial charge in [0.2, 0.25) is 11.8 Å². The van der Waals surface area contributed by atoms with Crippen molar-refractivity contribution in [3.63, 3.8) is 0 Å². The van der Waals surface area contributed by atoms with E-state index in [2.05, 4.69) is 5.32 Å². The van der Waals surface area contributed by atoms with Gasteiger partial charge in [-0.2, -0.15) is 26.3 Å². The molecule has 12 heteroatoms. The Kier molecular flexibility index (Phi) is 9.15. The number of amides is 2. The summed E-state index contributed by atoms with van der Waals surface area (Å²) in [7, 11) is 0. The van der Waals surface area contributed by atoms with E-state index in [-0.39, 0.29) is 30.0 Å². The lowest BCUT2D eigenvalue weighted by Gasteiger charge is -2.42. The predicted molar refractivity (Wildman–Crippen MR) is 123 cm³/mol. The molecule has 2 heterocycles. The van der Waals surface area contributed by atoms with Crippen molar-refractivity contribution in [1.82, 2.24) is 15.1 Å². The molecule has 0 aromatic heterocycles. The molecule has 0 atom stereocenters. The van der Waals surface area contributed by atoms with Gasteiger partial charge in [0.15, 0.2) is 0 Å². The van der Waals surface area contributed by atoms with Gasteiger partial charge in [-0.25, -0.2) is 0 Å². The number of benzene rings is 1. The number of hydrogen-bond acceptors (Lipinski definition) is 4. The van der Waals surface area contributed by atoms with E-state index in [1.807, 2.05) is 18.7 Å². The molecule has 0 radical (unpaired) electrons. The fourth-order valence-electron chi connectivity index (χ4n) is 5.04. The van der Waals surface area contributed by atoms with Gasteiger partial charge >= 0.3 is 12.4 Å². The third-order valence-electron chi connectivity index (χ3n) is 6.92. The summed E-state index contributed by atoms with van der Waals surface area (Å²) in [5.74, 6) is -0.266. The van der Waals surface area contributed by atoms with E-state index in [0.717, 1.165) is 0 Å². The number of ether oxygens (including phenoxy) is 1. The largest absolute Gasteiger partial charge is 0.416 e. The lowest BCUT2D eigenvalue weighted by molar-refractivity contribution is -0.143. The van der Waals surface area contributed by atoms with Crippen molar-refractivity contribution in [2.45, 2.75) is 52.0 Å². The van der Waals surface area contributed by atoms with Crippen LogP contribution < -0.4 is 5.32 Å². The minimum absolute atomic E-state index is 0.00544. The summed E-state index contributed by atoms with van der Waals surface area (Å²) in [6.45, 7) is 6.72. The van der Waals surface area contributed by atoms with Gasteiger partial charge in [-0.1, -0.05) is 13.8 Å². The van der Waals surface area contributed by atoms with Crippen LogP contribution in [0.25, 0.3) is 0 Å². The van der Waals surface area contributed by atoms with Gasteiger partial charge in [0.05, 0.1) is 36.3 Å². The number of nitrogens with zero attached hydrogens (tertiary/aromatic N) is 2. The molecule has 1 N–H and O–H groups in total. The zero-order valence-electron chi connectivity index (χ0n) is 21.0. The average molecular weight is 538 g/mol. The highest BCUT2D eigenvalue weighted by Crippen LogP contribution is 2.39. The first-order valence-corrected chi connectivity index (χ1v) is 12.3. The number of rotatable bonds is 7. The van der Waals surface area contributed by atoms with E-state index >= 15 is 0 Å². The van der Waals surface area contributed by atoms with Gasteiger partial charge in [0, 0.05) is 19.6 Å². The first-order valence-electron chi connectivity index (χ1n) is 12.3. The van der Waals surface area contributed by atoms with Crippen LogP contribution in [0, 0.1) is 11.3 Å². The summed E-state index contributed by atoms with van der Waals surface area (Å²) in [4.78, 5) is 29.6. The lowest BCUT2D eigenvalue weighted by atomic mass is 9.72. The molecule has 2 saturated heterocycles. The van der Waals surface area contributed by atoms with E-state index in [1.54, 1.807) is 4.90 Å². The molecule has 1 aromatic carbocycles. The van der Waals surface area contributed by atoms with Gasteiger partial charge < -0.3 is 15.0 Å². The van der Waals surface area contributed by atoms with E-state index in [1.165, 1.54) is 0 Å². The molecule has 2 fully saturated rings. The van der Waals surface area contributed by atoms with Crippen molar-refractivity contribution >= 4 is 11.8 Å². The van der Waals surface area contributed by atoms with Crippen LogP contribution in [0.1, 0.15) is 49.8 Å². The second-order valence-electron chi connectivity index (χ2n) is 10.2. The Morgan fingerprint density at radius 3 is 1.97 bits per heavy atom. The SMILES string of the molecule is CC(C)CC1(C(=O)NCc2cc(C(F)(F)F)cc(C(F)(F)F)c2)CCN(CC(=O)N2CCOCC2)CC1. The van der Waals surface area contributed by atoms with Crippen molar-refractivity contribution in [1.29, 1.82) is 0 Å². The Bertz CT molecular complexity index is 918. The fourth-order valence-corrected chi connectivity index (χ4v) is 5.04. The van der Waals surface area contributed by atoms with Gasteiger partial charge in [0.25, 0.3) is 0 Å². The van der Waals surface area contributed by atoms with Crippen molar-refractivity contribution in [3.05, 3.63) is 34.9 Å². The van der Waals surface area contributed by atoms with Crippen LogP contribution in [0.5, 0.6) is 0 Å². The molecule has 0 spiro atoms. The maximum Gasteiger partial charge on any atom is 0.416 e. The molecule has 0 unspecified atom stereocenters. The van der Waals surface area contributed by atoms with Crippen LogP contribution in [-0.2, 0) is 33.2 Å². The molecule has 37 heavy (non-hydrogen) atoms. The summed E-state index contributed by atoms with van der Waals surface area (Å²) in [5, 5.41) is 2.60. The van der Waals surface area contributed by atoms with Crippen LogP contribution in [0.15, 0.2) is 18.2 Å². The van der Waals surface area contributed by atoms with Crippen LogP contribution in [0.2, 0.25) is 0 Å². The first kappa shape index (κ1) is 29.2. The number of piperidine rings is 1. The van der Waals surface area contributed by atoms with Crippen LogP contribution in [-0.4, -0.2) is 67.6 Å². The highest BCUT2D eigenvalue weighted by Gasteiger charge is 2.42. The molecular formula is C25H33F6N3O3. The number of nitrogens with one attached hydrogen (secondary N) is 1. The molecular weight excluding hydrogens is 504 g/mol. The summed E-state index contributed by atoms with van der Waals surface area (Å²) in [5.41, 5.74) is -3.92. The smallest absolute Gasteiger partial charge is 0.378 e. The standard InChI is InChI=1S/C25H33F6N3O3/c1-17(2)14-23(3-5-33(6-4-23)16-21(35)34-7-9-37-10-8-34)22(36)32-15-18-11-19(24(26,27)28)13-20(12-18)25(29,30)31/h11-13,17H,3-10,14-16H2,1-2H3,(H,32,36). The van der Waals surface area contributed by atoms with Crippen molar-refractivity contribution in [2.24, 2.45) is 11.3 Å². The lowest BCUT2D eigenvalue weighted by Crippen LogP contribution is -2.52. The number of carbonyl (C=O) groups excluding carboxylic acids is 2. The Labute approximate surface area is 212 Å². The van der Waals surface area contributed by atoms with E-state index in [9.17, 15) is 35.9 Å². The number of halogens is 6. The molecule has 0 aliphatic carbocycles. The average Bonchev–Trinajstić information content (AvgIpc) is 2.82. The molecule has 6 nitrogen and oxygen atoms in total. The Balaban J connectivity index is 1.68. The van der Waals surface area contributed by atoms with Crippen molar-refractivity contribution in [2.75, 3.05) is 45.9 Å². The predicted octanol–water partition coefficient (Wildman–Crippen LogP) is 4.33. The minimum Gasteiger partial charge on any atom is -0.378 e. The molecule has 0 saturated carbocycles. The Morgan fingerprint density at radius 1 is 0.946 bits per heavy atom. The normalized spacial score (nSPS) is 19.2. The maximum absolute atomic E-state index is 13.3. The third-order valence-corrected chi connectivity index (χ3v) is 6.92. The number of hydrogen-bond donors (Lipinski definition) is 1. The van der Waals surface area contributed by atoms with Crippen LogP contribution in [0.3, 0.4) is 0 Å². The zero-order chi connectivity index (χ0) is 27.4. The van der Waals surface area contributed by atoms with Gasteiger partial charge in [-0.15, -0.1) is 0 Å². The number of likely N-dealkylation sites (tertiary alicyclic amines) is 1. The van der Waals surface area contributed by atoms with Crippen LogP contribution in [0.4, 0.5) is 26.3 Å². The number of carbonyl (C=O) groups is 2. The molecule has 1 aromatic rings. The van der Waals surface area contributed by atoms with Crippen molar-refractivity contribution in [3.8, 4) is 0 Å². The summed E-state index contributed by atoms with van der Waals surface area (Å²) in [6.07, 6.45) is -8.52. The molecule has 208 valence electrons. The van der Waals surface area contributed by atoms with Gasteiger partial charge in [-0.05, 0) is 62.0 Å². The highest BCUT2D eigenvalue weighted by atomic mass is 19.4. The molecule has 2 aliphatic heterocycles. The topological polar surface area (TPSA) is 61.9 Å². The highest BCUT2D eigenvalue weighted by molar-refractivity contribution is 5.83. The molecule has 2 aliphatic rings. The second kappa shape index (κ2) is 11.6. The summed E-state index contributed by atoms with van der Waals surface area (Å²) < 4.78 is 84.4. The van der Waals surface area contributed by atoms with E-state index in [0.29, 0.717) is 70.8 Å². The van der Waals surface area contributed by atoms with Crippen LogP contribution >= 0.6 is 0 Å². The monoisotopic (exact) mass is 537 g/mol. The fraction of sp³-hybridized carbons (Fsp3) is 0.680.